The quantitative estimate of drug-likeness (QED) is 0.877. The molecule has 2 heterocycles. The first-order valence-electron chi connectivity index (χ1n) is 9.18. The molecule has 0 radical (unpaired) electrons. The minimum absolute atomic E-state index is 0.0653. The predicted molar refractivity (Wildman–Crippen MR) is 94.0 cm³/mol. The highest BCUT2D eigenvalue weighted by Gasteiger charge is 2.42. The lowest BCUT2D eigenvalue weighted by molar-refractivity contribution is -0.0156. The Hall–Kier alpha value is -1.89. The van der Waals surface area contributed by atoms with Gasteiger partial charge in [0.1, 0.15) is 11.9 Å². The van der Waals surface area contributed by atoms with E-state index in [1.807, 2.05) is 20.8 Å². The first-order chi connectivity index (χ1) is 12.3. The fraction of sp³-hybridized carbons (Fsp3) is 0.684. The van der Waals surface area contributed by atoms with Gasteiger partial charge in [-0.3, -0.25) is 0 Å². The molecule has 1 saturated heterocycles. The lowest BCUT2D eigenvalue weighted by atomic mass is 9.85. The van der Waals surface area contributed by atoms with Crippen molar-refractivity contribution in [2.24, 2.45) is 0 Å². The standard InChI is InChI=1S/C19H27FN2O4/c1-19(2,3)22(18(23)24)14-9-15(10-14)26-17-16(8-13(20)11-21-17)12-4-6-25-7-5-12/h8,11-12,14-15H,4-7,9-10H2,1-3H3,(H,23,24). The number of hydrogen-bond acceptors (Lipinski definition) is 4. The summed E-state index contributed by atoms with van der Waals surface area (Å²) in [4.78, 5) is 17.2. The molecule has 6 nitrogen and oxygen atoms in total. The molecule has 2 aliphatic rings. The van der Waals surface area contributed by atoms with E-state index in [0.29, 0.717) is 31.9 Å². The summed E-state index contributed by atoms with van der Waals surface area (Å²) in [6, 6.07) is 1.44. The Morgan fingerprint density at radius 2 is 2.00 bits per heavy atom. The third kappa shape index (κ3) is 4.09. The average molecular weight is 366 g/mol. The van der Waals surface area contributed by atoms with Crippen molar-refractivity contribution in [1.29, 1.82) is 0 Å². The Kier molecular flexibility index (Phi) is 5.37. The normalized spacial score (nSPS) is 24.0. The van der Waals surface area contributed by atoms with Crippen LogP contribution in [0.2, 0.25) is 0 Å². The molecular weight excluding hydrogens is 339 g/mol. The van der Waals surface area contributed by atoms with Crippen LogP contribution in [0.5, 0.6) is 5.88 Å². The molecule has 0 unspecified atom stereocenters. The maximum absolute atomic E-state index is 13.7. The van der Waals surface area contributed by atoms with Gasteiger partial charge < -0.3 is 19.5 Å². The van der Waals surface area contributed by atoms with Crippen molar-refractivity contribution in [1.82, 2.24) is 9.88 Å². The van der Waals surface area contributed by atoms with Crippen molar-refractivity contribution in [3.8, 4) is 5.88 Å². The van der Waals surface area contributed by atoms with Gasteiger partial charge in [0.25, 0.3) is 0 Å². The maximum atomic E-state index is 13.7. The molecule has 1 aromatic rings. The van der Waals surface area contributed by atoms with Crippen LogP contribution in [0.1, 0.15) is 57.9 Å². The number of carboxylic acid groups (broad SMARTS) is 1. The van der Waals surface area contributed by atoms with Crippen LogP contribution >= 0.6 is 0 Å². The van der Waals surface area contributed by atoms with Crippen LogP contribution in [0.25, 0.3) is 0 Å². The highest BCUT2D eigenvalue weighted by Crippen LogP contribution is 2.37. The number of nitrogens with zero attached hydrogens (tertiary/aromatic N) is 2. The second-order valence-corrected chi connectivity index (χ2v) is 8.12. The fourth-order valence-corrected chi connectivity index (χ4v) is 3.84. The Labute approximate surface area is 153 Å². The summed E-state index contributed by atoms with van der Waals surface area (Å²) in [7, 11) is 0. The number of halogens is 1. The smallest absolute Gasteiger partial charge is 0.407 e. The first kappa shape index (κ1) is 18.9. The summed E-state index contributed by atoms with van der Waals surface area (Å²) >= 11 is 0. The Morgan fingerprint density at radius 1 is 1.35 bits per heavy atom. The van der Waals surface area contributed by atoms with Crippen molar-refractivity contribution in [3.63, 3.8) is 0 Å². The number of aromatic nitrogens is 1. The summed E-state index contributed by atoms with van der Waals surface area (Å²) < 4.78 is 25.1. The molecule has 0 spiro atoms. The molecule has 0 bridgehead atoms. The zero-order valence-corrected chi connectivity index (χ0v) is 15.6. The van der Waals surface area contributed by atoms with Gasteiger partial charge in [-0.05, 0) is 45.6 Å². The molecule has 0 aromatic carbocycles. The van der Waals surface area contributed by atoms with E-state index in [9.17, 15) is 14.3 Å². The largest absolute Gasteiger partial charge is 0.474 e. The number of rotatable bonds is 4. The minimum atomic E-state index is -0.913. The molecule has 26 heavy (non-hydrogen) atoms. The molecule has 3 rings (SSSR count). The van der Waals surface area contributed by atoms with Gasteiger partial charge in [0.15, 0.2) is 0 Å². The van der Waals surface area contributed by atoms with Crippen LogP contribution in [0.4, 0.5) is 9.18 Å². The van der Waals surface area contributed by atoms with Crippen molar-refractivity contribution >= 4 is 6.09 Å². The number of pyridine rings is 1. The molecule has 0 atom stereocenters. The third-order valence-corrected chi connectivity index (χ3v) is 5.15. The van der Waals surface area contributed by atoms with E-state index < -0.39 is 11.6 Å². The molecule has 7 heteroatoms. The molecule has 1 amide bonds. The average Bonchev–Trinajstić information content (AvgIpc) is 2.53. The fourth-order valence-electron chi connectivity index (χ4n) is 3.84. The zero-order chi connectivity index (χ0) is 18.9. The van der Waals surface area contributed by atoms with Gasteiger partial charge in [-0.1, -0.05) is 0 Å². The van der Waals surface area contributed by atoms with E-state index in [0.717, 1.165) is 18.4 Å². The van der Waals surface area contributed by atoms with Crippen molar-refractivity contribution in [3.05, 3.63) is 23.6 Å². The van der Waals surface area contributed by atoms with Gasteiger partial charge in [0, 0.05) is 43.2 Å². The summed E-state index contributed by atoms with van der Waals surface area (Å²) in [5.74, 6) is 0.289. The maximum Gasteiger partial charge on any atom is 0.407 e. The van der Waals surface area contributed by atoms with Crippen LogP contribution in [0.3, 0.4) is 0 Å². The van der Waals surface area contributed by atoms with Crippen molar-refractivity contribution in [2.75, 3.05) is 13.2 Å². The summed E-state index contributed by atoms with van der Waals surface area (Å²) in [6.45, 7) is 6.98. The van der Waals surface area contributed by atoms with Gasteiger partial charge >= 0.3 is 6.09 Å². The number of amides is 1. The highest BCUT2D eigenvalue weighted by molar-refractivity contribution is 5.66. The lowest BCUT2D eigenvalue weighted by Gasteiger charge is -2.47. The summed E-state index contributed by atoms with van der Waals surface area (Å²) in [6.07, 6.45) is 3.06. The van der Waals surface area contributed by atoms with Crippen molar-refractivity contribution < 1.29 is 23.8 Å². The number of carbonyl (C=O) groups is 1. The molecule has 2 fully saturated rings. The van der Waals surface area contributed by atoms with E-state index in [1.165, 1.54) is 17.2 Å². The van der Waals surface area contributed by atoms with Gasteiger partial charge in [-0.2, -0.15) is 0 Å². The topological polar surface area (TPSA) is 71.9 Å². The van der Waals surface area contributed by atoms with Gasteiger partial charge in [0.05, 0.1) is 6.20 Å². The minimum Gasteiger partial charge on any atom is -0.474 e. The molecule has 144 valence electrons. The van der Waals surface area contributed by atoms with Gasteiger partial charge in [-0.25, -0.2) is 14.2 Å². The Bertz CT molecular complexity index is 649. The van der Waals surface area contributed by atoms with E-state index >= 15 is 0 Å². The van der Waals surface area contributed by atoms with E-state index in [-0.39, 0.29) is 23.9 Å². The monoisotopic (exact) mass is 366 g/mol. The second kappa shape index (κ2) is 7.39. The zero-order valence-electron chi connectivity index (χ0n) is 15.6. The third-order valence-electron chi connectivity index (χ3n) is 5.15. The van der Waals surface area contributed by atoms with Crippen LogP contribution in [0.15, 0.2) is 12.3 Å². The van der Waals surface area contributed by atoms with Crippen LogP contribution in [-0.2, 0) is 4.74 Å². The number of hydrogen-bond donors (Lipinski definition) is 1. The van der Waals surface area contributed by atoms with Gasteiger partial charge in [0.2, 0.25) is 5.88 Å². The molecule has 1 saturated carbocycles. The SMILES string of the molecule is CC(C)(C)N(C(=O)O)C1CC(Oc2ncc(F)cc2C2CCOCC2)C1. The predicted octanol–water partition coefficient (Wildman–Crippen LogP) is 3.80. The Morgan fingerprint density at radius 3 is 2.58 bits per heavy atom. The Balaban J connectivity index is 1.67. The van der Waals surface area contributed by atoms with E-state index in [4.69, 9.17) is 9.47 Å². The second-order valence-electron chi connectivity index (χ2n) is 8.12. The molecule has 1 aliphatic carbocycles. The number of ether oxygens (including phenoxy) is 2. The lowest BCUT2D eigenvalue weighted by Crippen LogP contribution is -2.58. The highest BCUT2D eigenvalue weighted by atomic mass is 19.1. The van der Waals surface area contributed by atoms with Crippen LogP contribution < -0.4 is 4.74 Å². The van der Waals surface area contributed by atoms with Crippen molar-refractivity contribution in [2.45, 2.75) is 70.1 Å². The molecule has 1 aromatic heterocycles. The van der Waals surface area contributed by atoms with Crippen LogP contribution in [-0.4, -0.2) is 52.0 Å². The summed E-state index contributed by atoms with van der Waals surface area (Å²) in [5, 5.41) is 9.48. The van der Waals surface area contributed by atoms with E-state index in [1.54, 1.807) is 0 Å². The molecular formula is C19H27FN2O4. The molecule has 1 aliphatic heterocycles. The van der Waals surface area contributed by atoms with Gasteiger partial charge in [-0.15, -0.1) is 0 Å². The summed E-state index contributed by atoms with van der Waals surface area (Å²) in [5.41, 5.74) is 0.339. The van der Waals surface area contributed by atoms with Crippen LogP contribution in [0, 0.1) is 5.82 Å². The van der Waals surface area contributed by atoms with E-state index in [2.05, 4.69) is 4.98 Å². The first-order valence-corrected chi connectivity index (χ1v) is 9.18. The molecule has 1 N–H and O–H groups in total.